The molecule has 2 unspecified atom stereocenters. The first-order valence-corrected chi connectivity index (χ1v) is 8.67. The van der Waals surface area contributed by atoms with Crippen LogP contribution in [0.25, 0.3) is 0 Å². The zero-order valence-electron chi connectivity index (χ0n) is 11.8. The molecule has 1 saturated heterocycles. The van der Waals surface area contributed by atoms with Gasteiger partial charge in [0.2, 0.25) is 5.91 Å². The second-order valence-corrected chi connectivity index (χ2v) is 7.51. The largest absolute Gasteiger partial charge is 0.349 e. The van der Waals surface area contributed by atoms with Crippen LogP contribution in [0.3, 0.4) is 0 Å². The molecule has 0 bridgehead atoms. The molecule has 1 heterocycles. The van der Waals surface area contributed by atoms with Crippen molar-refractivity contribution < 1.29 is 17.6 Å². The number of hydrogen-bond acceptors (Lipinski definition) is 4. The third-order valence-corrected chi connectivity index (χ3v) is 5.22. The Balaban J connectivity index is 1.91. The molecule has 21 heavy (non-hydrogen) atoms. The van der Waals surface area contributed by atoms with Gasteiger partial charge in [0.05, 0.1) is 17.5 Å². The summed E-state index contributed by atoms with van der Waals surface area (Å²) in [6.45, 7) is 2.06. The molecule has 1 fully saturated rings. The SMILES string of the molecule is CC(NC(=O)CC1CS(=O)(=O)CCN1)c1ccccc1F. The Kier molecular flexibility index (Phi) is 4.95. The van der Waals surface area contributed by atoms with E-state index in [0.29, 0.717) is 12.1 Å². The van der Waals surface area contributed by atoms with Crippen molar-refractivity contribution >= 4 is 15.7 Å². The minimum atomic E-state index is -3.07. The van der Waals surface area contributed by atoms with Crippen LogP contribution in [-0.4, -0.2) is 38.4 Å². The molecule has 0 spiro atoms. The number of carbonyl (C=O) groups excluding carboxylic acids is 1. The van der Waals surface area contributed by atoms with Crippen LogP contribution < -0.4 is 10.6 Å². The Morgan fingerprint density at radius 3 is 2.86 bits per heavy atom. The summed E-state index contributed by atoms with van der Waals surface area (Å²) in [5.74, 6) is -0.588. The van der Waals surface area contributed by atoms with E-state index < -0.39 is 15.9 Å². The fourth-order valence-corrected chi connectivity index (χ4v) is 3.87. The van der Waals surface area contributed by atoms with Crippen molar-refractivity contribution in [3.05, 3.63) is 35.6 Å². The minimum absolute atomic E-state index is 0.0332. The third kappa shape index (κ3) is 4.50. The quantitative estimate of drug-likeness (QED) is 0.861. The van der Waals surface area contributed by atoms with Gasteiger partial charge >= 0.3 is 0 Å². The molecule has 0 radical (unpaired) electrons. The summed E-state index contributed by atoms with van der Waals surface area (Å²) in [5, 5.41) is 5.71. The lowest BCUT2D eigenvalue weighted by Crippen LogP contribution is -2.47. The Morgan fingerprint density at radius 2 is 2.19 bits per heavy atom. The van der Waals surface area contributed by atoms with Gasteiger partial charge in [0, 0.05) is 24.6 Å². The van der Waals surface area contributed by atoms with E-state index in [1.807, 2.05) is 0 Å². The van der Waals surface area contributed by atoms with Gasteiger partial charge in [-0.3, -0.25) is 4.79 Å². The molecule has 1 aliphatic rings. The van der Waals surface area contributed by atoms with Gasteiger partial charge < -0.3 is 10.6 Å². The molecule has 1 aromatic carbocycles. The average molecular weight is 314 g/mol. The molecular formula is C14H19FN2O3S. The maximum atomic E-state index is 13.6. The van der Waals surface area contributed by atoms with Crippen LogP contribution in [0.5, 0.6) is 0 Å². The normalized spacial score (nSPS) is 22.5. The van der Waals surface area contributed by atoms with Gasteiger partial charge in [0.1, 0.15) is 5.82 Å². The summed E-state index contributed by atoms with van der Waals surface area (Å²) in [6.07, 6.45) is 0.0675. The Morgan fingerprint density at radius 1 is 1.48 bits per heavy atom. The van der Waals surface area contributed by atoms with E-state index in [9.17, 15) is 17.6 Å². The van der Waals surface area contributed by atoms with Gasteiger partial charge in [0.25, 0.3) is 0 Å². The van der Waals surface area contributed by atoms with Crippen molar-refractivity contribution in [1.82, 2.24) is 10.6 Å². The van der Waals surface area contributed by atoms with E-state index in [-0.39, 0.29) is 35.7 Å². The monoisotopic (exact) mass is 314 g/mol. The van der Waals surface area contributed by atoms with Crippen molar-refractivity contribution in [2.75, 3.05) is 18.1 Å². The van der Waals surface area contributed by atoms with Crippen molar-refractivity contribution in [1.29, 1.82) is 0 Å². The maximum absolute atomic E-state index is 13.6. The Labute approximate surface area is 123 Å². The first-order chi connectivity index (χ1) is 9.87. The highest BCUT2D eigenvalue weighted by molar-refractivity contribution is 7.91. The summed E-state index contributed by atoms with van der Waals surface area (Å²) in [7, 11) is -3.07. The molecule has 1 aromatic rings. The van der Waals surface area contributed by atoms with Crippen LogP contribution in [0, 0.1) is 5.82 Å². The molecule has 0 aliphatic carbocycles. The standard InChI is InChI=1S/C14H19FN2O3S/c1-10(12-4-2-3-5-13(12)15)17-14(18)8-11-9-21(19,20)7-6-16-11/h2-5,10-11,16H,6-9H2,1H3,(H,17,18). The number of amides is 1. The van der Waals surface area contributed by atoms with E-state index in [2.05, 4.69) is 10.6 Å². The molecule has 2 N–H and O–H groups in total. The van der Waals surface area contributed by atoms with Crippen LogP contribution in [0.2, 0.25) is 0 Å². The molecule has 2 rings (SSSR count). The summed E-state index contributed by atoms with van der Waals surface area (Å²) < 4.78 is 36.6. The zero-order valence-corrected chi connectivity index (χ0v) is 12.6. The van der Waals surface area contributed by atoms with Gasteiger partial charge in [-0.1, -0.05) is 18.2 Å². The molecule has 2 atom stereocenters. The van der Waals surface area contributed by atoms with E-state index in [1.165, 1.54) is 6.07 Å². The fraction of sp³-hybridized carbons (Fsp3) is 0.500. The molecule has 7 heteroatoms. The first-order valence-electron chi connectivity index (χ1n) is 6.85. The van der Waals surface area contributed by atoms with E-state index in [0.717, 1.165) is 0 Å². The molecule has 1 aliphatic heterocycles. The highest BCUT2D eigenvalue weighted by Crippen LogP contribution is 2.16. The van der Waals surface area contributed by atoms with E-state index in [4.69, 9.17) is 0 Å². The van der Waals surface area contributed by atoms with Gasteiger partial charge in [-0.05, 0) is 13.0 Å². The molecule has 116 valence electrons. The minimum Gasteiger partial charge on any atom is -0.349 e. The van der Waals surface area contributed by atoms with Gasteiger partial charge in [-0.15, -0.1) is 0 Å². The number of nitrogens with one attached hydrogen (secondary N) is 2. The Bertz CT molecular complexity index is 618. The summed E-state index contributed by atoms with van der Waals surface area (Å²) in [6, 6.07) is 5.41. The lowest BCUT2D eigenvalue weighted by molar-refractivity contribution is -0.122. The van der Waals surface area contributed by atoms with Crippen molar-refractivity contribution in [2.45, 2.75) is 25.4 Å². The highest BCUT2D eigenvalue weighted by atomic mass is 32.2. The zero-order chi connectivity index (χ0) is 15.5. The van der Waals surface area contributed by atoms with Crippen molar-refractivity contribution in [2.24, 2.45) is 0 Å². The average Bonchev–Trinajstić information content (AvgIpc) is 2.37. The predicted molar refractivity (Wildman–Crippen MR) is 78.0 cm³/mol. The van der Waals surface area contributed by atoms with Crippen LogP contribution >= 0.6 is 0 Å². The van der Waals surface area contributed by atoms with Crippen molar-refractivity contribution in [3.8, 4) is 0 Å². The second kappa shape index (κ2) is 6.53. The molecular weight excluding hydrogens is 295 g/mol. The topological polar surface area (TPSA) is 75.3 Å². The van der Waals surface area contributed by atoms with Crippen LogP contribution in [0.4, 0.5) is 4.39 Å². The predicted octanol–water partition coefficient (Wildman–Crippen LogP) is 0.780. The van der Waals surface area contributed by atoms with Gasteiger partial charge in [-0.25, -0.2) is 12.8 Å². The molecule has 0 aromatic heterocycles. The van der Waals surface area contributed by atoms with Gasteiger partial charge in [0.15, 0.2) is 9.84 Å². The third-order valence-electron chi connectivity index (χ3n) is 3.48. The number of halogens is 1. The molecule has 1 amide bonds. The highest BCUT2D eigenvalue weighted by Gasteiger charge is 2.26. The molecule has 5 nitrogen and oxygen atoms in total. The van der Waals surface area contributed by atoms with Crippen molar-refractivity contribution in [3.63, 3.8) is 0 Å². The Hall–Kier alpha value is -1.47. The van der Waals surface area contributed by atoms with Crippen LogP contribution in [0.15, 0.2) is 24.3 Å². The van der Waals surface area contributed by atoms with Crippen LogP contribution in [-0.2, 0) is 14.6 Å². The smallest absolute Gasteiger partial charge is 0.222 e. The summed E-state index contributed by atoms with van der Waals surface area (Å²) >= 11 is 0. The number of hydrogen-bond donors (Lipinski definition) is 2. The number of carbonyl (C=O) groups is 1. The van der Waals surface area contributed by atoms with E-state index >= 15 is 0 Å². The first kappa shape index (κ1) is 15.9. The summed E-state index contributed by atoms with van der Waals surface area (Å²) in [4.78, 5) is 11.9. The lowest BCUT2D eigenvalue weighted by atomic mass is 10.1. The molecule has 0 saturated carbocycles. The number of sulfone groups is 1. The number of benzene rings is 1. The fourth-order valence-electron chi connectivity index (χ4n) is 2.43. The second-order valence-electron chi connectivity index (χ2n) is 5.28. The number of rotatable bonds is 4. The van der Waals surface area contributed by atoms with Crippen LogP contribution in [0.1, 0.15) is 24.9 Å². The summed E-state index contributed by atoms with van der Waals surface area (Å²) in [5.41, 5.74) is 0.412. The maximum Gasteiger partial charge on any atom is 0.222 e. The van der Waals surface area contributed by atoms with Gasteiger partial charge in [-0.2, -0.15) is 0 Å². The van der Waals surface area contributed by atoms with E-state index in [1.54, 1.807) is 25.1 Å². The lowest BCUT2D eigenvalue weighted by Gasteiger charge is -2.24.